The maximum atomic E-state index is 5.97. The summed E-state index contributed by atoms with van der Waals surface area (Å²) < 4.78 is 5.57. The van der Waals surface area contributed by atoms with E-state index in [2.05, 4.69) is 0 Å². The molecule has 1 aliphatic rings. The molecule has 0 saturated heterocycles. The topological polar surface area (TPSA) is 35.2 Å². The molecule has 1 fully saturated rings. The first-order chi connectivity index (χ1) is 7.25. The average Bonchev–Trinajstić information content (AvgIpc) is 3.00. The number of nitrogens with two attached hydrogens (primary N) is 1. The van der Waals surface area contributed by atoms with Crippen molar-refractivity contribution in [2.24, 2.45) is 11.7 Å². The zero-order valence-corrected chi connectivity index (χ0v) is 9.41. The van der Waals surface area contributed by atoms with Crippen LogP contribution >= 0.6 is 11.6 Å². The molecule has 2 rings (SSSR count). The fourth-order valence-electron chi connectivity index (χ4n) is 1.63. The van der Waals surface area contributed by atoms with Crippen LogP contribution in [0.15, 0.2) is 24.3 Å². The summed E-state index contributed by atoms with van der Waals surface area (Å²) in [5, 5.41) is 0.707. The van der Waals surface area contributed by atoms with Crippen LogP contribution in [0.3, 0.4) is 0 Å². The zero-order valence-electron chi connectivity index (χ0n) is 8.66. The normalized spacial score (nSPS) is 17.5. The minimum atomic E-state index is 0.309. The van der Waals surface area contributed by atoms with Crippen molar-refractivity contribution >= 4 is 11.6 Å². The third kappa shape index (κ3) is 3.40. The number of hydrogen-bond acceptors (Lipinski definition) is 2. The predicted molar refractivity (Wildman–Crippen MR) is 62.3 cm³/mol. The van der Waals surface area contributed by atoms with E-state index in [0.29, 0.717) is 17.7 Å². The van der Waals surface area contributed by atoms with Gasteiger partial charge in [-0.25, -0.2) is 0 Å². The molecule has 1 atom stereocenters. The van der Waals surface area contributed by atoms with Gasteiger partial charge in [0.1, 0.15) is 5.75 Å². The van der Waals surface area contributed by atoms with Crippen LogP contribution in [0.2, 0.25) is 5.02 Å². The summed E-state index contributed by atoms with van der Waals surface area (Å²) in [6.07, 6.45) is 3.51. The minimum absolute atomic E-state index is 0.309. The van der Waals surface area contributed by atoms with E-state index >= 15 is 0 Å². The highest BCUT2D eigenvalue weighted by Crippen LogP contribution is 2.32. The second kappa shape index (κ2) is 4.86. The third-order valence-electron chi connectivity index (χ3n) is 2.74. The smallest absolute Gasteiger partial charge is 0.120 e. The van der Waals surface area contributed by atoms with Crippen LogP contribution in [0.5, 0.6) is 5.75 Å². The Morgan fingerprint density at radius 1 is 1.47 bits per heavy atom. The van der Waals surface area contributed by atoms with E-state index in [4.69, 9.17) is 22.1 Å². The number of ether oxygens (including phenoxy) is 1. The molecule has 0 aromatic heterocycles. The first-order valence-corrected chi connectivity index (χ1v) is 5.77. The highest BCUT2D eigenvalue weighted by molar-refractivity contribution is 6.30. The molecular formula is C12H16ClNO. The molecule has 1 unspecified atom stereocenters. The Hall–Kier alpha value is -0.730. The second-order valence-corrected chi connectivity index (χ2v) is 4.53. The third-order valence-corrected chi connectivity index (χ3v) is 2.98. The van der Waals surface area contributed by atoms with E-state index in [-0.39, 0.29) is 0 Å². The number of halogens is 1. The van der Waals surface area contributed by atoms with E-state index in [1.54, 1.807) is 0 Å². The molecular weight excluding hydrogens is 210 g/mol. The summed E-state index contributed by atoms with van der Waals surface area (Å²) in [4.78, 5) is 0. The van der Waals surface area contributed by atoms with Gasteiger partial charge in [-0.1, -0.05) is 17.7 Å². The van der Waals surface area contributed by atoms with Crippen molar-refractivity contribution in [3.8, 4) is 5.75 Å². The van der Waals surface area contributed by atoms with E-state index in [9.17, 15) is 0 Å². The lowest BCUT2D eigenvalue weighted by molar-refractivity contribution is 0.291. The Balaban J connectivity index is 1.73. The Morgan fingerprint density at radius 3 is 2.93 bits per heavy atom. The van der Waals surface area contributed by atoms with Gasteiger partial charge in [-0.3, -0.25) is 0 Å². The summed E-state index contributed by atoms with van der Waals surface area (Å²) in [7, 11) is 0. The molecule has 1 saturated carbocycles. The summed E-state index contributed by atoms with van der Waals surface area (Å²) >= 11 is 5.84. The summed E-state index contributed by atoms with van der Waals surface area (Å²) in [5.74, 6) is 1.57. The van der Waals surface area contributed by atoms with Crippen molar-refractivity contribution < 1.29 is 4.74 Å². The Bertz CT molecular complexity index is 325. The SMILES string of the molecule is NC(CCOc1cccc(Cl)c1)C1CC1. The molecule has 0 radical (unpaired) electrons. The van der Waals surface area contributed by atoms with Crippen molar-refractivity contribution in [2.75, 3.05) is 6.61 Å². The number of hydrogen-bond donors (Lipinski definition) is 1. The molecule has 2 N–H and O–H groups in total. The van der Waals surface area contributed by atoms with Crippen molar-refractivity contribution in [1.29, 1.82) is 0 Å². The van der Waals surface area contributed by atoms with Gasteiger partial charge in [-0.05, 0) is 43.4 Å². The lowest BCUT2D eigenvalue weighted by atomic mass is 10.1. The fourth-order valence-corrected chi connectivity index (χ4v) is 1.81. The van der Waals surface area contributed by atoms with E-state index < -0.39 is 0 Å². The van der Waals surface area contributed by atoms with Crippen molar-refractivity contribution in [3.63, 3.8) is 0 Å². The molecule has 0 bridgehead atoms. The Kier molecular flexibility index (Phi) is 3.49. The molecule has 1 aromatic carbocycles. The van der Waals surface area contributed by atoms with Crippen LogP contribution in [-0.4, -0.2) is 12.6 Å². The summed E-state index contributed by atoms with van der Waals surface area (Å²) in [5.41, 5.74) is 5.97. The van der Waals surface area contributed by atoms with Gasteiger partial charge in [0, 0.05) is 11.1 Å². The molecule has 15 heavy (non-hydrogen) atoms. The van der Waals surface area contributed by atoms with Crippen LogP contribution in [-0.2, 0) is 0 Å². The maximum absolute atomic E-state index is 5.97. The van der Waals surface area contributed by atoms with Crippen molar-refractivity contribution in [1.82, 2.24) is 0 Å². The standard InChI is InChI=1S/C12H16ClNO/c13-10-2-1-3-11(8-10)15-7-6-12(14)9-4-5-9/h1-3,8-9,12H,4-7,14H2. The molecule has 3 heteroatoms. The maximum Gasteiger partial charge on any atom is 0.120 e. The quantitative estimate of drug-likeness (QED) is 0.837. The Morgan fingerprint density at radius 2 is 2.27 bits per heavy atom. The van der Waals surface area contributed by atoms with Gasteiger partial charge in [0.05, 0.1) is 6.61 Å². The lowest BCUT2D eigenvalue weighted by Gasteiger charge is -2.11. The van der Waals surface area contributed by atoms with E-state index in [1.807, 2.05) is 24.3 Å². The number of benzene rings is 1. The van der Waals surface area contributed by atoms with E-state index in [0.717, 1.165) is 18.1 Å². The largest absolute Gasteiger partial charge is 0.493 e. The molecule has 0 heterocycles. The second-order valence-electron chi connectivity index (χ2n) is 4.10. The van der Waals surface area contributed by atoms with Gasteiger partial charge >= 0.3 is 0 Å². The predicted octanol–water partition coefficient (Wildman–Crippen LogP) is 2.85. The van der Waals surface area contributed by atoms with Crippen LogP contribution in [0.1, 0.15) is 19.3 Å². The minimum Gasteiger partial charge on any atom is -0.493 e. The summed E-state index contributed by atoms with van der Waals surface area (Å²) in [6.45, 7) is 0.679. The van der Waals surface area contributed by atoms with Crippen LogP contribution < -0.4 is 10.5 Å². The van der Waals surface area contributed by atoms with Gasteiger partial charge in [-0.15, -0.1) is 0 Å². The molecule has 2 nitrogen and oxygen atoms in total. The van der Waals surface area contributed by atoms with Gasteiger partial charge in [0.15, 0.2) is 0 Å². The van der Waals surface area contributed by atoms with Gasteiger partial charge in [0.2, 0.25) is 0 Å². The van der Waals surface area contributed by atoms with Gasteiger partial charge in [0.25, 0.3) is 0 Å². The fraction of sp³-hybridized carbons (Fsp3) is 0.500. The highest BCUT2D eigenvalue weighted by Gasteiger charge is 2.27. The van der Waals surface area contributed by atoms with Crippen LogP contribution in [0.4, 0.5) is 0 Å². The monoisotopic (exact) mass is 225 g/mol. The first kappa shape index (κ1) is 10.8. The Labute approximate surface area is 95.4 Å². The average molecular weight is 226 g/mol. The highest BCUT2D eigenvalue weighted by atomic mass is 35.5. The molecule has 0 aliphatic heterocycles. The molecule has 1 aromatic rings. The molecule has 0 amide bonds. The summed E-state index contributed by atoms with van der Waals surface area (Å²) in [6, 6.07) is 7.77. The van der Waals surface area contributed by atoms with Crippen molar-refractivity contribution in [2.45, 2.75) is 25.3 Å². The lowest BCUT2D eigenvalue weighted by Crippen LogP contribution is -2.24. The van der Waals surface area contributed by atoms with Crippen LogP contribution in [0, 0.1) is 5.92 Å². The molecule has 82 valence electrons. The number of rotatable bonds is 5. The first-order valence-electron chi connectivity index (χ1n) is 5.39. The van der Waals surface area contributed by atoms with Gasteiger partial charge < -0.3 is 10.5 Å². The van der Waals surface area contributed by atoms with E-state index in [1.165, 1.54) is 12.8 Å². The molecule has 1 aliphatic carbocycles. The van der Waals surface area contributed by atoms with Gasteiger partial charge in [-0.2, -0.15) is 0 Å². The van der Waals surface area contributed by atoms with Crippen LogP contribution in [0.25, 0.3) is 0 Å². The molecule has 0 spiro atoms. The zero-order chi connectivity index (χ0) is 10.7. The van der Waals surface area contributed by atoms with Crippen molar-refractivity contribution in [3.05, 3.63) is 29.3 Å².